The number of hydrogen-bond donors (Lipinski definition) is 0. The maximum absolute atomic E-state index is 10.8. The zero-order valence-corrected chi connectivity index (χ0v) is 8.29. The molecule has 0 aliphatic carbocycles. The minimum atomic E-state index is -0.353. The van der Waals surface area contributed by atoms with Gasteiger partial charge in [0.15, 0.2) is 0 Å². The zero-order chi connectivity index (χ0) is 9.23. The van der Waals surface area contributed by atoms with Gasteiger partial charge in [0.25, 0.3) is 0 Å². The molecule has 0 saturated carbocycles. The molecule has 0 aromatic heterocycles. The molecule has 0 amide bonds. The zero-order valence-electron chi connectivity index (χ0n) is 6.70. The summed E-state index contributed by atoms with van der Waals surface area (Å²) in [4.78, 5) is 10.8. The van der Waals surface area contributed by atoms with Crippen LogP contribution in [-0.2, 0) is 9.53 Å². The first-order valence-corrected chi connectivity index (χ1v) is 4.60. The van der Waals surface area contributed by atoms with E-state index in [4.69, 9.17) is 0 Å². The van der Waals surface area contributed by atoms with Crippen molar-refractivity contribution < 1.29 is 9.53 Å². The van der Waals surface area contributed by atoms with Crippen molar-refractivity contribution >= 4 is 21.9 Å². The molecular formula is C9H11BrO2. The van der Waals surface area contributed by atoms with Gasteiger partial charge in [0, 0.05) is 11.4 Å². The van der Waals surface area contributed by atoms with Crippen LogP contribution in [0, 0.1) is 0 Å². The third-order valence-electron chi connectivity index (χ3n) is 0.912. The summed E-state index contributed by atoms with van der Waals surface area (Å²) in [5, 5.41) is 0.777. The topological polar surface area (TPSA) is 26.3 Å². The summed E-state index contributed by atoms with van der Waals surface area (Å²) < 4.78 is 4.68. The molecule has 0 bridgehead atoms. The van der Waals surface area contributed by atoms with Gasteiger partial charge in [-0.05, 0) is 0 Å². The van der Waals surface area contributed by atoms with Crippen LogP contribution in [0.4, 0.5) is 0 Å². The molecule has 0 atom stereocenters. The van der Waals surface area contributed by atoms with Gasteiger partial charge in [-0.15, -0.1) is 0 Å². The molecule has 66 valence electrons. The van der Waals surface area contributed by atoms with Gasteiger partial charge in [0.2, 0.25) is 0 Å². The number of ether oxygens (including phenoxy) is 1. The van der Waals surface area contributed by atoms with Crippen molar-refractivity contribution in [3.05, 3.63) is 37.0 Å². The minimum Gasteiger partial charge on any atom is -0.458 e. The predicted molar refractivity (Wildman–Crippen MR) is 53.2 cm³/mol. The van der Waals surface area contributed by atoms with Crippen LogP contribution in [0.15, 0.2) is 37.0 Å². The Labute approximate surface area is 80.7 Å². The van der Waals surface area contributed by atoms with Gasteiger partial charge < -0.3 is 4.74 Å². The fourth-order valence-corrected chi connectivity index (χ4v) is 0.669. The van der Waals surface area contributed by atoms with E-state index in [0.717, 1.165) is 5.33 Å². The standard InChI is InChI=1S/C9H11BrO2/c1-2-8-12-9(11)6-4-3-5-7-10/h2-6H,1,7-8H2/b5-3+,6-4+. The van der Waals surface area contributed by atoms with Crippen LogP contribution < -0.4 is 0 Å². The van der Waals surface area contributed by atoms with Crippen molar-refractivity contribution in [3.8, 4) is 0 Å². The Morgan fingerprint density at radius 3 is 2.83 bits per heavy atom. The average Bonchev–Trinajstić information content (AvgIpc) is 2.09. The maximum atomic E-state index is 10.8. The van der Waals surface area contributed by atoms with Gasteiger partial charge in [0.05, 0.1) is 0 Å². The van der Waals surface area contributed by atoms with Crippen molar-refractivity contribution in [2.24, 2.45) is 0 Å². The third-order valence-corrected chi connectivity index (χ3v) is 1.29. The van der Waals surface area contributed by atoms with E-state index in [-0.39, 0.29) is 12.6 Å². The number of halogens is 1. The van der Waals surface area contributed by atoms with Crippen LogP contribution in [0.5, 0.6) is 0 Å². The van der Waals surface area contributed by atoms with Crippen LogP contribution in [-0.4, -0.2) is 17.9 Å². The molecule has 2 nitrogen and oxygen atoms in total. The summed E-state index contributed by atoms with van der Waals surface area (Å²) in [7, 11) is 0. The highest BCUT2D eigenvalue weighted by Gasteiger charge is 1.90. The van der Waals surface area contributed by atoms with Gasteiger partial charge >= 0.3 is 5.97 Å². The largest absolute Gasteiger partial charge is 0.458 e. The van der Waals surface area contributed by atoms with Crippen LogP contribution in [0.25, 0.3) is 0 Å². The second kappa shape index (κ2) is 8.27. The quantitative estimate of drug-likeness (QED) is 0.238. The van der Waals surface area contributed by atoms with E-state index >= 15 is 0 Å². The average molecular weight is 231 g/mol. The van der Waals surface area contributed by atoms with Gasteiger partial charge in [-0.25, -0.2) is 4.79 Å². The number of esters is 1. The Morgan fingerprint density at radius 1 is 1.50 bits per heavy atom. The highest BCUT2D eigenvalue weighted by Crippen LogP contribution is 1.85. The molecule has 0 unspecified atom stereocenters. The summed E-state index contributed by atoms with van der Waals surface area (Å²) >= 11 is 3.21. The summed E-state index contributed by atoms with van der Waals surface area (Å²) in [5.41, 5.74) is 0. The number of hydrogen-bond acceptors (Lipinski definition) is 2. The molecule has 0 aliphatic heterocycles. The number of carbonyl (C=O) groups is 1. The number of alkyl halides is 1. The Kier molecular flexibility index (Phi) is 7.70. The molecule has 0 N–H and O–H groups in total. The molecule has 0 spiro atoms. The van der Waals surface area contributed by atoms with Crippen LogP contribution >= 0.6 is 15.9 Å². The molecule has 0 fully saturated rings. The number of carbonyl (C=O) groups excluding carboxylic acids is 1. The van der Waals surface area contributed by atoms with E-state index in [2.05, 4.69) is 27.2 Å². The summed E-state index contributed by atoms with van der Waals surface area (Å²) in [6.45, 7) is 3.68. The second-order valence-electron chi connectivity index (χ2n) is 1.86. The van der Waals surface area contributed by atoms with Crippen molar-refractivity contribution in [1.82, 2.24) is 0 Å². The monoisotopic (exact) mass is 230 g/mol. The van der Waals surface area contributed by atoms with Gasteiger partial charge in [-0.1, -0.05) is 46.8 Å². The molecule has 0 radical (unpaired) electrons. The van der Waals surface area contributed by atoms with Crippen LogP contribution in [0.1, 0.15) is 0 Å². The van der Waals surface area contributed by atoms with Gasteiger partial charge in [-0.3, -0.25) is 0 Å². The number of allylic oxidation sites excluding steroid dienone is 3. The molecule has 0 rings (SSSR count). The maximum Gasteiger partial charge on any atom is 0.331 e. The molecule has 3 heteroatoms. The highest BCUT2D eigenvalue weighted by atomic mass is 79.9. The first kappa shape index (κ1) is 11.2. The minimum absolute atomic E-state index is 0.255. The van der Waals surface area contributed by atoms with Gasteiger partial charge in [0.1, 0.15) is 6.61 Å². The molecule has 12 heavy (non-hydrogen) atoms. The smallest absolute Gasteiger partial charge is 0.331 e. The summed E-state index contributed by atoms with van der Waals surface area (Å²) in [5.74, 6) is -0.353. The normalized spacial score (nSPS) is 10.8. The molecule has 0 heterocycles. The molecular weight excluding hydrogens is 220 g/mol. The molecule has 0 aromatic carbocycles. The van der Waals surface area contributed by atoms with Crippen molar-refractivity contribution in [2.45, 2.75) is 0 Å². The first-order chi connectivity index (χ1) is 5.81. The van der Waals surface area contributed by atoms with Crippen molar-refractivity contribution in [1.29, 1.82) is 0 Å². The van der Waals surface area contributed by atoms with E-state index in [1.165, 1.54) is 12.2 Å². The molecule has 0 aliphatic rings. The van der Waals surface area contributed by atoms with Crippen LogP contribution in [0.3, 0.4) is 0 Å². The predicted octanol–water partition coefficient (Wildman–Crippen LogP) is 2.22. The second-order valence-corrected chi connectivity index (χ2v) is 2.51. The lowest BCUT2D eigenvalue weighted by molar-refractivity contribution is -0.136. The van der Waals surface area contributed by atoms with E-state index in [0.29, 0.717) is 0 Å². The number of rotatable bonds is 5. The first-order valence-electron chi connectivity index (χ1n) is 3.48. The summed E-state index contributed by atoms with van der Waals surface area (Å²) in [6.07, 6.45) is 8.16. The summed E-state index contributed by atoms with van der Waals surface area (Å²) in [6, 6.07) is 0. The Morgan fingerprint density at radius 2 is 2.25 bits per heavy atom. The fourth-order valence-electron chi connectivity index (χ4n) is 0.453. The third kappa shape index (κ3) is 7.28. The van der Waals surface area contributed by atoms with Gasteiger partial charge in [-0.2, -0.15) is 0 Å². The van der Waals surface area contributed by atoms with E-state index in [1.807, 2.05) is 6.08 Å². The van der Waals surface area contributed by atoms with E-state index < -0.39 is 0 Å². The van der Waals surface area contributed by atoms with Crippen molar-refractivity contribution in [3.63, 3.8) is 0 Å². The Bertz CT molecular complexity index is 195. The lowest BCUT2D eigenvalue weighted by Gasteiger charge is -1.93. The lowest BCUT2D eigenvalue weighted by Crippen LogP contribution is -1.99. The highest BCUT2D eigenvalue weighted by molar-refractivity contribution is 9.09. The molecule has 0 saturated heterocycles. The van der Waals surface area contributed by atoms with Crippen molar-refractivity contribution in [2.75, 3.05) is 11.9 Å². The lowest BCUT2D eigenvalue weighted by atomic mass is 10.4. The molecule has 0 aromatic rings. The SMILES string of the molecule is C=CCOC(=O)/C=C/C=C/CBr. The van der Waals surface area contributed by atoms with Crippen LogP contribution in [0.2, 0.25) is 0 Å². The Balaban J connectivity index is 3.60. The van der Waals surface area contributed by atoms with E-state index in [1.54, 1.807) is 12.2 Å². The Hall–Kier alpha value is -0.830. The fraction of sp³-hybridized carbons (Fsp3) is 0.222. The van der Waals surface area contributed by atoms with E-state index in [9.17, 15) is 4.79 Å².